The van der Waals surface area contributed by atoms with E-state index in [1.54, 1.807) is 30.5 Å². The van der Waals surface area contributed by atoms with Crippen LogP contribution in [0.1, 0.15) is 22.3 Å². The Kier molecular flexibility index (Phi) is 7.66. The predicted octanol–water partition coefficient (Wildman–Crippen LogP) is 4.01. The van der Waals surface area contributed by atoms with Crippen LogP contribution >= 0.6 is 0 Å². The summed E-state index contributed by atoms with van der Waals surface area (Å²) >= 11 is 0. The van der Waals surface area contributed by atoms with Gasteiger partial charge in [0.1, 0.15) is 6.61 Å². The van der Waals surface area contributed by atoms with Gasteiger partial charge in [-0.25, -0.2) is 4.79 Å². The second-order valence-corrected chi connectivity index (χ2v) is 6.93. The van der Waals surface area contributed by atoms with Gasteiger partial charge in [-0.2, -0.15) is 18.3 Å². The van der Waals surface area contributed by atoms with Crippen LogP contribution in [0.5, 0.6) is 0 Å². The molecule has 3 rings (SSSR count). The standard InChI is InChI=1S/C22H23F3N4O2/c23-22(24,25)16-31-15-18-8-6-17(7-9-18)12-26-21(30)27-13-19-4-1-2-5-20(19)14-29-11-3-10-28-29/h1-11H,12-16H2,(H2,26,27,30). The molecule has 2 aromatic carbocycles. The van der Waals surface area contributed by atoms with Gasteiger partial charge in [-0.1, -0.05) is 48.5 Å². The summed E-state index contributed by atoms with van der Waals surface area (Å²) in [6.07, 6.45) is -0.738. The van der Waals surface area contributed by atoms with E-state index in [1.807, 2.05) is 41.2 Å². The smallest absolute Gasteiger partial charge is 0.367 e. The molecular weight excluding hydrogens is 409 g/mol. The van der Waals surface area contributed by atoms with Crippen LogP contribution in [0.3, 0.4) is 0 Å². The molecule has 0 unspecified atom stereocenters. The van der Waals surface area contributed by atoms with Gasteiger partial charge in [-0.3, -0.25) is 4.68 Å². The highest BCUT2D eigenvalue weighted by Gasteiger charge is 2.27. The number of halogens is 3. The first-order chi connectivity index (χ1) is 14.9. The zero-order valence-corrected chi connectivity index (χ0v) is 16.7. The first-order valence-electron chi connectivity index (χ1n) is 9.67. The maximum absolute atomic E-state index is 12.2. The van der Waals surface area contributed by atoms with Crippen molar-refractivity contribution >= 4 is 6.03 Å². The number of hydrogen-bond donors (Lipinski definition) is 2. The van der Waals surface area contributed by atoms with E-state index in [2.05, 4.69) is 20.5 Å². The zero-order chi connectivity index (χ0) is 22.1. The van der Waals surface area contributed by atoms with E-state index in [0.29, 0.717) is 25.2 Å². The molecule has 3 aromatic rings. The van der Waals surface area contributed by atoms with Gasteiger partial charge in [0.05, 0.1) is 13.2 Å². The molecule has 164 valence electrons. The summed E-state index contributed by atoms with van der Waals surface area (Å²) in [6.45, 7) is -0.109. The van der Waals surface area contributed by atoms with E-state index in [9.17, 15) is 18.0 Å². The number of benzene rings is 2. The number of carbonyl (C=O) groups excluding carboxylic acids is 1. The average molecular weight is 432 g/mol. The molecule has 0 spiro atoms. The molecule has 9 heteroatoms. The SMILES string of the molecule is O=C(NCc1ccc(COCC(F)(F)F)cc1)NCc1ccccc1Cn1cccn1. The number of carbonyl (C=O) groups is 1. The van der Waals surface area contributed by atoms with Crippen molar-refractivity contribution in [3.63, 3.8) is 0 Å². The Morgan fingerprint density at radius 1 is 0.935 bits per heavy atom. The molecule has 0 saturated carbocycles. The van der Waals surface area contributed by atoms with E-state index < -0.39 is 12.8 Å². The van der Waals surface area contributed by atoms with Crippen LogP contribution < -0.4 is 10.6 Å². The van der Waals surface area contributed by atoms with E-state index in [0.717, 1.165) is 16.7 Å². The molecule has 0 aliphatic rings. The van der Waals surface area contributed by atoms with Gasteiger partial charge < -0.3 is 15.4 Å². The minimum Gasteiger partial charge on any atom is -0.367 e. The van der Waals surface area contributed by atoms with Crippen molar-refractivity contribution in [2.24, 2.45) is 0 Å². The lowest BCUT2D eigenvalue weighted by Crippen LogP contribution is -2.34. The number of nitrogens with zero attached hydrogens (tertiary/aromatic N) is 2. The molecule has 1 aromatic heterocycles. The lowest BCUT2D eigenvalue weighted by Gasteiger charge is -2.12. The van der Waals surface area contributed by atoms with E-state index in [4.69, 9.17) is 0 Å². The van der Waals surface area contributed by atoms with Gasteiger partial charge in [0, 0.05) is 25.5 Å². The van der Waals surface area contributed by atoms with E-state index >= 15 is 0 Å². The number of hydrogen-bond acceptors (Lipinski definition) is 3. The van der Waals surface area contributed by atoms with Crippen LogP contribution in [0, 0.1) is 0 Å². The number of ether oxygens (including phenoxy) is 1. The summed E-state index contributed by atoms with van der Waals surface area (Å²) < 4.78 is 42.7. The van der Waals surface area contributed by atoms with Crippen molar-refractivity contribution in [3.05, 3.63) is 89.2 Å². The molecule has 2 N–H and O–H groups in total. The minimum atomic E-state index is -4.34. The van der Waals surface area contributed by atoms with Crippen molar-refractivity contribution in [2.75, 3.05) is 6.61 Å². The summed E-state index contributed by atoms with van der Waals surface area (Å²) in [5, 5.41) is 9.81. The van der Waals surface area contributed by atoms with Gasteiger partial charge >= 0.3 is 12.2 Å². The molecule has 0 fully saturated rings. The Morgan fingerprint density at radius 2 is 1.61 bits per heavy atom. The van der Waals surface area contributed by atoms with Crippen molar-refractivity contribution in [2.45, 2.75) is 32.4 Å². The monoisotopic (exact) mass is 432 g/mol. The van der Waals surface area contributed by atoms with Crippen molar-refractivity contribution < 1.29 is 22.7 Å². The Labute approximate surface area is 178 Å². The maximum atomic E-state index is 12.2. The van der Waals surface area contributed by atoms with Crippen LogP contribution in [0.2, 0.25) is 0 Å². The molecular formula is C22H23F3N4O2. The lowest BCUT2D eigenvalue weighted by atomic mass is 10.1. The normalized spacial score (nSPS) is 11.3. The van der Waals surface area contributed by atoms with Gasteiger partial charge in [0.25, 0.3) is 0 Å². The van der Waals surface area contributed by atoms with Crippen LogP contribution in [0.15, 0.2) is 67.0 Å². The highest BCUT2D eigenvalue weighted by Crippen LogP contribution is 2.16. The Hall–Kier alpha value is -3.33. The molecule has 0 saturated heterocycles. The number of aromatic nitrogens is 2. The highest BCUT2D eigenvalue weighted by molar-refractivity contribution is 5.73. The maximum Gasteiger partial charge on any atom is 0.411 e. The Balaban J connectivity index is 1.43. The third kappa shape index (κ3) is 7.78. The van der Waals surface area contributed by atoms with Crippen molar-refractivity contribution in [1.29, 1.82) is 0 Å². The number of urea groups is 1. The summed E-state index contributed by atoms with van der Waals surface area (Å²) in [6, 6.07) is 16.2. The molecule has 0 radical (unpaired) electrons. The number of rotatable bonds is 9. The first-order valence-corrected chi connectivity index (χ1v) is 9.67. The van der Waals surface area contributed by atoms with E-state index in [1.165, 1.54) is 0 Å². The quantitative estimate of drug-likeness (QED) is 0.537. The fourth-order valence-electron chi connectivity index (χ4n) is 2.91. The second-order valence-electron chi connectivity index (χ2n) is 6.93. The summed E-state index contributed by atoms with van der Waals surface area (Å²) in [7, 11) is 0. The van der Waals surface area contributed by atoms with Gasteiger partial charge in [-0.15, -0.1) is 0 Å². The number of amides is 2. The highest BCUT2D eigenvalue weighted by atomic mass is 19.4. The second kappa shape index (κ2) is 10.6. The van der Waals surface area contributed by atoms with Crippen LogP contribution in [0.25, 0.3) is 0 Å². The molecule has 31 heavy (non-hydrogen) atoms. The van der Waals surface area contributed by atoms with Crippen LogP contribution in [-0.2, 0) is 31.0 Å². The Bertz CT molecular complexity index is 958. The van der Waals surface area contributed by atoms with Gasteiger partial charge in [0.2, 0.25) is 0 Å². The molecule has 6 nitrogen and oxygen atoms in total. The molecule has 2 amide bonds. The third-order valence-electron chi connectivity index (χ3n) is 4.46. The number of nitrogens with one attached hydrogen (secondary N) is 2. The minimum absolute atomic E-state index is 0.119. The fourth-order valence-corrected chi connectivity index (χ4v) is 2.91. The Morgan fingerprint density at radius 3 is 2.29 bits per heavy atom. The number of alkyl halides is 3. The average Bonchev–Trinajstić information content (AvgIpc) is 3.25. The van der Waals surface area contributed by atoms with Gasteiger partial charge in [-0.05, 0) is 28.3 Å². The lowest BCUT2D eigenvalue weighted by molar-refractivity contribution is -0.176. The fraction of sp³-hybridized carbons (Fsp3) is 0.273. The third-order valence-corrected chi connectivity index (χ3v) is 4.46. The van der Waals surface area contributed by atoms with E-state index in [-0.39, 0.29) is 12.6 Å². The molecule has 0 aliphatic carbocycles. The van der Waals surface area contributed by atoms with Crippen LogP contribution in [-0.4, -0.2) is 28.6 Å². The van der Waals surface area contributed by atoms with Crippen molar-refractivity contribution in [1.82, 2.24) is 20.4 Å². The molecule has 1 heterocycles. The summed E-state index contributed by atoms with van der Waals surface area (Å²) in [5.74, 6) is 0. The van der Waals surface area contributed by atoms with Gasteiger partial charge in [0.15, 0.2) is 0 Å². The van der Waals surface area contributed by atoms with Crippen molar-refractivity contribution in [3.8, 4) is 0 Å². The molecule has 0 bridgehead atoms. The first kappa shape index (κ1) is 22.4. The van der Waals surface area contributed by atoms with Crippen LogP contribution in [0.4, 0.5) is 18.0 Å². The zero-order valence-electron chi connectivity index (χ0n) is 16.7. The molecule has 0 atom stereocenters. The molecule has 0 aliphatic heterocycles. The topological polar surface area (TPSA) is 68.2 Å². The largest absolute Gasteiger partial charge is 0.411 e. The predicted molar refractivity (Wildman–Crippen MR) is 109 cm³/mol. The summed E-state index contributed by atoms with van der Waals surface area (Å²) in [4.78, 5) is 12.2. The summed E-state index contributed by atoms with van der Waals surface area (Å²) in [5.41, 5.74) is 3.52.